The van der Waals surface area contributed by atoms with Crippen LogP contribution in [0.3, 0.4) is 0 Å². The summed E-state index contributed by atoms with van der Waals surface area (Å²) >= 11 is 1.45. The summed E-state index contributed by atoms with van der Waals surface area (Å²) in [4.78, 5) is 13.0. The number of hydrogen-bond donors (Lipinski definition) is 1. The van der Waals surface area contributed by atoms with Crippen LogP contribution in [0.4, 0.5) is 0 Å². The molecule has 2 heterocycles. The predicted molar refractivity (Wildman–Crippen MR) is 95.7 cm³/mol. The molecule has 0 spiro atoms. The zero-order valence-electron chi connectivity index (χ0n) is 14.6. The third-order valence-electron chi connectivity index (χ3n) is 4.25. The van der Waals surface area contributed by atoms with Gasteiger partial charge in [-0.1, -0.05) is 17.4 Å². The molecule has 2 aromatic heterocycles. The third-order valence-corrected chi connectivity index (χ3v) is 5.15. The molecule has 0 unspecified atom stereocenters. The fraction of sp³-hybridized carbons (Fsp3) is 0.412. The average Bonchev–Trinajstić information content (AvgIpc) is 3.29. The third kappa shape index (κ3) is 3.34. The van der Waals surface area contributed by atoms with Crippen LogP contribution in [-0.4, -0.2) is 39.9 Å². The van der Waals surface area contributed by atoms with E-state index in [1.165, 1.54) is 11.3 Å². The van der Waals surface area contributed by atoms with E-state index in [0.29, 0.717) is 24.0 Å². The lowest BCUT2D eigenvalue weighted by Crippen LogP contribution is -2.24. The van der Waals surface area contributed by atoms with E-state index in [4.69, 9.17) is 9.47 Å². The molecule has 1 aliphatic carbocycles. The van der Waals surface area contributed by atoms with Gasteiger partial charge in [0.2, 0.25) is 10.9 Å². The number of amides is 1. The molecule has 3 aromatic rings. The van der Waals surface area contributed by atoms with Gasteiger partial charge in [0.1, 0.15) is 5.01 Å². The van der Waals surface area contributed by atoms with Crippen molar-refractivity contribution in [1.82, 2.24) is 25.1 Å². The molecule has 1 aliphatic rings. The maximum atomic E-state index is 12.2. The Morgan fingerprint density at radius 2 is 2.08 bits per heavy atom. The molecule has 4 rings (SSSR count). The van der Waals surface area contributed by atoms with Crippen molar-refractivity contribution in [3.05, 3.63) is 34.6 Å². The van der Waals surface area contributed by atoms with E-state index in [0.717, 1.165) is 34.2 Å². The molecular formula is C17H19N5O3S. The summed E-state index contributed by atoms with van der Waals surface area (Å²) in [5.74, 6) is 2.59. The number of methoxy groups -OCH3 is 2. The molecule has 1 N–H and O–H groups in total. The zero-order chi connectivity index (χ0) is 18.1. The molecule has 0 saturated heterocycles. The minimum atomic E-state index is -0.0781. The van der Waals surface area contributed by atoms with E-state index in [1.54, 1.807) is 24.8 Å². The van der Waals surface area contributed by atoms with Crippen molar-refractivity contribution in [3.63, 3.8) is 0 Å². The van der Waals surface area contributed by atoms with Gasteiger partial charge in [-0.3, -0.25) is 4.79 Å². The molecule has 0 atom stereocenters. The molecule has 0 aliphatic heterocycles. The lowest BCUT2D eigenvalue weighted by Gasteiger charge is -2.09. The fourth-order valence-corrected chi connectivity index (χ4v) is 3.53. The van der Waals surface area contributed by atoms with Gasteiger partial charge in [-0.05, 0) is 30.5 Å². The van der Waals surface area contributed by atoms with Crippen molar-refractivity contribution in [1.29, 1.82) is 0 Å². The number of ether oxygens (including phenoxy) is 2. The van der Waals surface area contributed by atoms with Crippen molar-refractivity contribution < 1.29 is 14.3 Å². The number of nitrogens with one attached hydrogen (secondary N) is 1. The standard InChI is InChI=1S/C17H19N5O3S/c1-24-12-6-3-10(7-13(12)25-2)8-14(23)18-9-15-21-22-16(11-4-5-11)19-20-17(22)26-15/h3,6-7,11H,4-5,8-9H2,1-2H3,(H,18,23). The minimum Gasteiger partial charge on any atom is -0.493 e. The zero-order valence-corrected chi connectivity index (χ0v) is 15.4. The number of benzene rings is 1. The van der Waals surface area contributed by atoms with Crippen LogP contribution in [0.5, 0.6) is 11.5 Å². The van der Waals surface area contributed by atoms with Crippen molar-refractivity contribution in [2.24, 2.45) is 0 Å². The molecule has 1 fully saturated rings. The predicted octanol–water partition coefficient (Wildman–Crippen LogP) is 1.94. The van der Waals surface area contributed by atoms with Crippen LogP contribution in [-0.2, 0) is 17.8 Å². The molecule has 136 valence electrons. The smallest absolute Gasteiger partial charge is 0.234 e. The number of rotatable bonds is 7. The first-order valence-electron chi connectivity index (χ1n) is 8.36. The maximum absolute atomic E-state index is 12.2. The van der Waals surface area contributed by atoms with Crippen LogP contribution >= 0.6 is 11.3 Å². The van der Waals surface area contributed by atoms with Crippen molar-refractivity contribution >= 4 is 22.2 Å². The Labute approximate surface area is 154 Å². The van der Waals surface area contributed by atoms with Crippen molar-refractivity contribution in [3.8, 4) is 11.5 Å². The largest absolute Gasteiger partial charge is 0.493 e. The maximum Gasteiger partial charge on any atom is 0.234 e. The second kappa shape index (κ2) is 6.91. The highest BCUT2D eigenvalue weighted by molar-refractivity contribution is 7.16. The number of carbonyl (C=O) groups is 1. The lowest BCUT2D eigenvalue weighted by molar-refractivity contribution is -0.120. The summed E-state index contributed by atoms with van der Waals surface area (Å²) in [5.41, 5.74) is 0.856. The van der Waals surface area contributed by atoms with Crippen LogP contribution in [0.15, 0.2) is 18.2 Å². The van der Waals surface area contributed by atoms with Gasteiger partial charge < -0.3 is 14.8 Å². The van der Waals surface area contributed by atoms with Crippen LogP contribution in [0, 0.1) is 0 Å². The highest BCUT2D eigenvalue weighted by Gasteiger charge is 2.30. The molecule has 1 aromatic carbocycles. The number of aromatic nitrogens is 4. The van der Waals surface area contributed by atoms with E-state index < -0.39 is 0 Å². The van der Waals surface area contributed by atoms with Crippen LogP contribution in [0.2, 0.25) is 0 Å². The number of carbonyl (C=O) groups excluding carboxylic acids is 1. The summed E-state index contributed by atoms with van der Waals surface area (Å²) in [6, 6.07) is 5.46. The Balaban J connectivity index is 1.38. The SMILES string of the molecule is COc1ccc(CC(=O)NCc2nn3c(C4CC4)nnc3s2)cc1OC. The number of nitrogens with zero attached hydrogens (tertiary/aromatic N) is 4. The van der Waals surface area contributed by atoms with E-state index >= 15 is 0 Å². The number of fused-ring (bicyclic) bond motifs is 1. The molecule has 9 heteroatoms. The Bertz CT molecular complexity index is 947. The monoisotopic (exact) mass is 373 g/mol. The molecule has 0 radical (unpaired) electrons. The first-order valence-corrected chi connectivity index (χ1v) is 9.18. The summed E-state index contributed by atoms with van der Waals surface area (Å²) < 4.78 is 12.3. The summed E-state index contributed by atoms with van der Waals surface area (Å²) in [6.07, 6.45) is 2.56. The first-order chi connectivity index (χ1) is 12.7. The van der Waals surface area contributed by atoms with Gasteiger partial charge in [0.15, 0.2) is 17.3 Å². The minimum absolute atomic E-state index is 0.0781. The Morgan fingerprint density at radius 3 is 2.81 bits per heavy atom. The van der Waals surface area contributed by atoms with E-state index in [2.05, 4.69) is 20.6 Å². The fourth-order valence-electron chi connectivity index (χ4n) is 2.75. The van der Waals surface area contributed by atoms with E-state index in [1.807, 2.05) is 12.1 Å². The Kier molecular flexibility index (Phi) is 4.46. The summed E-state index contributed by atoms with van der Waals surface area (Å²) in [5, 5.41) is 16.6. The molecule has 1 amide bonds. The van der Waals surface area contributed by atoms with Gasteiger partial charge >= 0.3 is 0 Å². The molecule has 8 nitrogen and oxygen atoms in total. The lowest BCUT2D eigenvalue weighted by atomic mass is 10.1. The van der Waals surface area contributed by atoms with Gasteiger partial charge in [0, 0.05) is 5.92 Å². The Hall–Kier alpha value is -2.68. The highest BCUT2D eigenvalue weighted by Crippen LogP contribution is 2.39. The molecule has 26 heavy (non-hydrogen) atoms. The molecule has 1 saturated carbocycles. The van der Waals surface area contributed by atoms with Gasteiger partial charge in [0.05, 0.1) is 27.2 Å². The highest BCUT2D eigenvalue weighted by atomic mass is 32.1. The van der Waals surface area contributed by atoms with Crippen LogP contribution < -0.4 is 14.8 Å². The van der Waals surface area contributed by atoms with Gasteiger partial charge in [0.25, 0.3) is 0 Å². The average molecular weight is 373 g/mol. The first kappa shape index (κ1) is 16.8. The van der Waals surface area contributed by atoms with Crippen molar-refractivity contribution in [2.45, 2.75) is 31.7 Å². The van der Waals surface area contributed by atoms with Crippen LogP contribution in [0.25, 0.3) is 4.96 Å². The summed E-state index contributed by atoms with van der Waals surface area (Å²) in [6.45, 7) is 0.379. The van der Waals surface area contributed by atoms with E-state index in [9.17, 15) is 4.79 Å². The second-order valence-corrected chi connectivity index (χ2v) is 7.21. The summed E-state index contributed by atoms with van der Waals surface area (Å²) in [7, 11) is 3.16. The van der Waals surface area contributed by atoms with Gasteiger partial charge in [-0.25, -0.2) is 0 Å². The Morgan fingerprint density at radius 1 is 1.27 bits per heavy atom. The van der Waals surface area contributed by atoms with Crippen molar-refractivity contribution in [2.75, 3.05) is 14.2 Å². The van der Waals surface area contributed by atoms with Gasteiger partial charge in [-0.15, -0.1) is 10.2 Å². The quantitative estimate of drug-likeness (QED) is 0.681. The normalized spacial score (nSPS) is 13.8. The topological polar surface area (TPSA) is 90.6 Å². The molecule has 0 bridgehead atoms. The van der Waals surface area contributed by atoms with Gasteiger partial charge in [-0.2, -0.15) is 9.61 Å². The van der Waals surface area contributed by atoms with Crippen LogP contribution in [0.1, 0.15) is 35.2 Å². The molecular weight excluding hydrogens is 354 g/mol. The second-order valence-electron chi connectivity index (χ2n) is 6.17. The van der Waals surface area contributed by atoms with E-state index in [-0.39, 0.29) is 12.3 Å². The number of hydrogen-bond acceptors (Lipinski definition) is 7.